The minimum absolute atomic E-state index is 0.0243. The molecule has 2 heterocycles. The summed E-state index contributed by atoms with van der Waals surface area (Å²) in [6, 6.07) is 8.75. The molecule has 1 saturated carbocycles. The van der Waals surface area contributed by atoms with E-state index in [1.807, 2.05) is 0 Å². The lowest BCUT2D eigenvalue weighted by molar-refractivity contribution is -0.345. The van der Waals surface area contributed by atoms with Gasteiger partial charge in [0.25, 0.3) is 0 Å². The maximum absolute atomic E-state index is 12.0. The third kappa shape index (κ3) is 7.17. The van der Waals surface area contributed by atoms with Crippen molar-refractivity contribution in [2.45, 2.75) is 119 Å². The van der Waals surface area contributed by atoms with Crippen LogP contribution in [0.15, 0.2) is 30.3 Å². The number of aliphatic carboxylic acids is 1. The maximum atomic E-state index is 12.0. The Morgan fingerprint density at radius 3 is 2.05 bits per heavy atom. The van der Waals surface area contributed by atoms with Gasteiger partial charge in [-0.1, -0.05) is 43.2 Å². The molecule has 1 aromatic rings. The molecule has 3 fully saturated rings. The molecule has 13 atom stereocenters. The quantitative estimate of drug-likeness (QED) is 0.174. The van der Waals surface area contributed by atoms with E-state index in [0.717, 1.165) is 12.8 Å². The van der Waals surface area contributed by atoms with Crippen LogP contribution in [0.25, 0.3) is 0 Å². The Morgan fingerprint density at radius 2 is 1.48 bits per heavy atom. The van der Waals surface area contributed by atoms with Crippen molar-refractivity contribution in [2.24, 2.45) is 0 Å². The van der Waals surface area contributed by atoms with Crippen molar-refractivity contribution in [1.29, 1.82) is 0 Å². The second kappa shape index (κ2) is 13.9. The van der Waals surface area contributed by atoms with Crippen LogP contribution < -0.4 is 0 Å². The summed E-state index contributed by atoms with van der Waals surface area (Å²) in [5, 5.41) is 72.0. The van der Waals surface area contributed by atoms with Crippen LogP contribution >= 0.6 is 0 Å². The molecule has 2 aliphatic heterocycles. The number of aliphatic hydroxyl groups is 6. The molecule has 13 nitrogen and oxygen atoms in total. The molecule has 3 aliphatic rings. The van der Waals surface area contributed by atoms with E-state index in [9.17, 15) is 40.5 Å². The predicted molar refractivity (Wildman–Crippen MR) is 135 cm³/mol. The van der Waals surface area contributed by atoms with Crippen molar-refractivity contribution in [2.75, 3.05) is 6.61 Å². The van der Waals surface area contributed by atoms with Gasteiger partial charge in [-0.15, -0.1) is 0 Å². The molecule has 4 rings (SSSR count). The summed E-state index contributed by atoms with van der Waals surface area (Å²) < 4.78 is 29.0. The molecule has 0 spiro atoms. The molecule has 0 aromatic heterocycles. The standard InChI is InChI=1S/C27H40O13/c1-13-19(29)21(31)22(32)26(36-13)38-15-9-5-6-10-16(15)39-27-23(33)24(20(30)18(12-28)40-27)37-17(25(34)35)11-14-7-3-2-4-8-14/h2-4,7-8,13,15-24,26-33H,5-6,9-12H2,1H3,(H,34,35)/t13-,15+,16+,17+,18+,19+,20-,21+,22-,23+,24-,26-,27+/m0/s1. The van der Waals surface area contributed by atoms with E-state index in [1.165, 1.54) is 0 Å². The highest BCUT2D eigenvalue weighted by Gasteiger charge is 2.49. The normalized spacial score (nSPS) is 41.4. The van der Waals surface area contributed by atoms with Crippen LogP contribution in [-0.4, -0.2) is 128 Å². The van der Waals surface area contributed by atoms with Crippen LogP contribution in [-0.2, 0) is 34.9 Å². The van der Waals surface area contributed by atoms with Crippen LogP contribution in [0.4, 0.5) is 0 Å². The van der Waals surface area contributed by atoms with E-state index in [4.69, 9.17) is 23.7 Å². The van der Waals surface area contributed by atoms with Crippen molar-refractivity contribution < 1.29 is 64.2 Å². The molecule has 40 heavy (non-hydrogen) atoms. The average Bonchev–Trinajstić information content (AvgIpc) is 2.95. The number of ether oxygens (including phenoxy) is 5. The Balaban J connectivity index is 1.46. The zero-order valence-corrected chi connectivity index (χ0v) is 22.2. The minimum atomic E-state index is -1.62. The summed E-state index contributed by atoms with van der Waals surface area (Å²) >= 11 is 0. The number of benzene rings is 1. The minimum Gasteiger partial charge on any atom is -0.479 e. The van der Waals surface area contributed by atoms with Crippen molar-refractivity contribution in [3.8, 4) is 0 Å². The zero-order chi connectivity index (χ0) is 29.0. The largest absolute Gasteiger partial charge is 0.479 e. The lowest BCUT2D eigenvalue weighted by atomic mass is 9.93. The zero-order valence-electron chi connectivity index (χ0n) is 22.2. The number of carbonyl (C=O) groups is 1. The highest BCUT2D eigenvalue weighted by Crippen LogP contribution is 2.33. The van der Waals surface area contributed by atoms with Crippen molar-refractivity contribution >= 4 is 5.97 Å². The monoisotopic (exact) mass is 572 g/mol. The van der Waals surface area contributed by atoms with Gasteiger partial charge in [-0.2, -0.15) is 0 Å². The van der Waals surface area contributed by atoms with Gasteiger partial charge >= 0.3 is 5.97 Å². The van der Waals surface area contributed by atoms with Gasteiger partial charge < -0.3 is 59.4 Å². The first-order valence-electron chi connectivity index (χ1n) is 13.7. The number of hydrogen-bond acceptors (Lipinski definition) is 12. The fourth-order valence-corrected chi connectivity index (χ4v) is 5.38. The molecule has 7 N–H and O–H groups in total. The van der Waals surface area contributed by atoms with Crippen LogP contribution in [0, 0.1) is 0 Å². The Bertz CT molecular complexity index is 934. The summed E-state index contributed by atoms with van der Waals surface area (Å²) in [6.45, 7) is 0.898. The molecule has 2 saturated heterocycles. The van der Waals surface area contributed by atoms with Gasteiger partial charge in [0.05, 0.1) is 24.9 Å². The molecular weight excluding hydrogens is 532 g/mol. The number of carboxylic acid groups (broad SMARTS) is 1. The van der Waals surface area contributed by atoms with E-state index < -0.39 is 92.3 Å². The second-order valence-corrected chi connectivity index (χ2v) is 10.6. The molecule has 13 heteroatoms. The second-order valence-electron chi connectivity index (χ2n) is 10.6. The molecule has 0 radical (unpaired) electrons. The Morgan fingerprint density at radius 1 is 0.875 bits per heavy atom. The SMILES string of the molecule is C[C@@H]1O[C@@H](O[C@@H]2CCCC[C@H]2O[C@@H]2O[C@H](CO)[C@H](O)[C@H](O[C@H](Cc3ccccc3)C(=O)O)[C@H]2O)[C@@H](O)[C@H](O)[C@@H]1O. The van der Waals surface area contributed by atoms with E-state index >= 15 is 0 Å². The van der Waals surface area contributed by atoms with Crippen molar-refractivity contribution in [3.05, 3.63) is 35.9 Å². The number of carboxylic acids is 1. The van der Waals surface area contributed by atoms with Gasteiger partial charge in [-0.3, -0.25) is 0 Å². The highest BCUT2D eigenvalue weighted by molar-refractivity contribution is 5.72. The fourth-order valence-electron chi connectivity index (χ4n) is 5.38. The topological polar surface area (TPSA) is 205 Å². The van der Waals surface area contributed by atoms with E-state index in [0.29, 0.717) is 18.4 Å². The molecule has 0 amide bonds. The summed E-state index contributed by atoms with van der Waals surface area (Å²) in [5.41, 5.74) is 0.679. The molecule has 1 aliphatic carbocycles. The lowest BCUT2D eigenvalue weighted by Crippen LogP contribution is -2.62. The van der Waals surface area contributed by atoms with E-state index in [2.05, 4.69) is 0 Å². The third-order valence-electron chi connectivity index (χ3n) is 7.75. The number of rotatable bonds is 10. The van der Waals surface area contributed by atoms with Crippen LogP contribution in [0.2, 0.25) is 0 Å². The molecular formula is C27H40O13. The van der Waals surface area contributed by atoms with E-state index in [-0.39, 0.29) is 6.42 Å². The van der Waals surface area contributed by atoms with Gasteiger partial charge in [-0.25, -0.2) is 4.79 Å². The fraction of sp³-hybridized carbons (Fsp3) is 0.741. The van der Waals surface area contributed by atoms with Crippen LogP contribution in [0.5, 0.6) is 0 Å². The summed E-state index contributed by atoms with van der Waals surface area (Å²) in [5.74, 6) is -1.29. The molecule has 226 valence electrons. The summed E-state index contributed by atoms with van der Waals surface area (Å²) in [7, 11) is 0. The first kappa shape index (κ1) is 31.2. The predicted octanol–water partition coefficient (Wildman–Crippen LogP) is -1.32. The Kier molecular flexibility index (Phi) is 10.9. The first-order valence-corrected chi connectivity index (χ1v) is 13.7. The lowest BCUT2D eigenvalue weighted by Gasteiger charge is -2.45. The third-order valence-corrected chi connectivity index (χ3v) is 7.75. The summed E-state index contributed by atoms with van der Waals surface area (Å²) in [4.78, 5) is 12.0. The summed E-state index contributed by atoms with van der Waals surface area (Å²) in [6.07, 6.45) is -13.8. The molecule has 0 bridgehead atoms. The van der Waals surface area contributed by atoms with Gasteiger partial charge in [0.2, 0.25) is 0 Å². The smallest absolute Gasteiger partial charge is 0.333 e. The van der Waals surface area contributed by atoms with Crippen LogP contribution in [0.3, 0.4) is 0 Å². The average molecular weight is 573 g/mol. The number of aliphatic hydroxyl groups excluding tert-OH is 6. The highest BCUT2D eigenvalue weighted by atomic mass is 16.7. The Labute approximate surface area is 231 Å². The van der Waals surface area contributed by atoms with Gasteiger partial charge in [0, 0.05) is 6.42 Å². The Hall–Kier alpha value is -1.75. The van der Waals surface area contributed by atoms with Gasteiger partial charge in [0.15, 0.2) is 18.7 Å². The maximum Gasteiger partial charge on any atom is 0.333 e. The van der Waals surface area contributed by atoms with Crippen molar-refractivity contribution in [1.82, 2.24) is 0 Å². The molecule has 0 unspecified atom stereocenters. The number of hydrogen-bond donors (Lipinski definition) is 7. The molecule has 1 aromatic carbocycles. The first-order chi connectivity index (χ1) is 19.1. The van der Waals surface area contributed by atoms with Crippen LogP contribution in [0.1, 0.15) is 38.2 Å². The van der Waals surface area contributed by atoms with Gasteiger partial charge in [0.1, 0.15) is 42.7 Å². The van der Waals surface area contributed by atoms with Crippen molar-refractivity contribution in [3.63, 3.8) is 0 Å². The van der Waals surface area contributed by atoms with Gasteiger partial charge in [-0.05, 0) is 25.3 Å². The van der Waals surface area contributed by atoms with E-state index in [1.54, 1.807) is 37.3 Å².